The first-order chi connectivity index (χ1) is 10.2. The lowest BCUT2D eigenvalue weighted by Gasteiger charge is -2.31. The van der Waals surface area contributed by atoms with Crippen LogP contribution < -0.4 is 0 Å². The third-order valence-corrected chi connectivity index (χ3v) is 4.34. The molecule has 0 unspecified atom stereocenters. The quantitative estimate of drug-likeness (QED) is 0.684. The van der Waals surface area contributed by atoms with Crippen LogP contribution in [-0.2, 0) is 5.60 Å². The van der Waals surface area contributed by atoms with Crippen LogP contribution in [0.5, 0.6) is 0 Å². The molecule has 21 heavy (non-hydrogen) atoms. The van der Waals surface area contributed by atoms with E-state index in [9.17, 15) is 5.11 Å². The van der Waals surface area contributed by atoms with Gasteiger partial charge in [-0.15, -0.1) is 0 Å². The summed E-state index contributed by atoms with van der Waals surface area (Å²) >= 11 is 3.57. The van der Waals surface area contributed by atoms with Crippen LogP contribution in [-0.4, -0.2) is 5.11 Å². The molecule has 1 N–H and O–H groups in total. The Morgan fingerprint density at radius 1 is 0.619 bits per heavy atom. The maximum absolute atomic E-state index is 11.6. The normalized spacial score (nSPS) is 11.3. The van der Waals surface area contributed by atoms with Crippen molar-refractivity contribution in [3.8, 4) is 0 Å². The minimum atomic E-state index is -1.18. The van der Waals surface area contributed by atoms with Crippen LogP contribution in [0.3, 0.4) is 0 Å². The van der Waals surface area contributed by atoms with E-state index in [2.05, 4.69) is 15.9 Å². The Labute approximate surface area is 133 Å². The van der Waals surface area contributed by atoms with Gasteiger partial charge in [-0.05, 0) is 17.2 Å². The molecule has 0 aliphatic heterocycles. The van der Waals surface area contributed by atoms with Gasteiger partial charge in [-0.1, -0.05) is 94.8 Å². The first-order valence-corrected chi connectivity index (χ1v) is 7.60. The van der Waals surface area contributed by atoms with Gasteiger partial charge in [0.2, 0.25) is 0 Å². The fourth-order valence-corrected chi connectivity index (χ4v) is 3.16. The number of hydrogen-bond acceptors (Lipinski definition) is 1. The number of aliphatic hydroxyl groups is 1. The van der Waals surface area contributed by atoms with Crippen molar-refractivity contribution in [2.75, 3.05) is 0 Å². The maximum Gasteiger partial charge on any atom is 0.141 e. The number of rotatable bonds is 3. The summed E-state index contributed by atoms with van der Waals surface area (Å²) in [5, 5.41) is 11.6. The zero-order valence-corrected chi connectivity index (χ0v) is 13.0. The standard InChI is InChI=1S/C19H15BrO/c20-18-14-8-7-13-17(18)19(21,15-9-3-1-4-10-15)16-11-5-2-6-12-16/h1-14,21H. The lowest BCUT2D eigenvalue weighted by molar-refractivity contribution is 0.125. The predicted molar refractivity (Wildman–Crippen MR) is 89.1 cm³/mol. The zero-order valence-electron chi connectivity index (χ0n) is 11.4. The van der Waals surface area contributed by atoms with Crippen LogP contribution in [0.15, 0.2) is 89.4 Å². The van der Waals surface area contributed by atoms with E-state index in [0.29, 0.717) is 0 Å². The van der Waals surface area contributed by atoms with Gasteiger partial charge >= 0.3 is 0 Å². The average Bonchev–Trinajstić information content (AvgIpc) is 2.56. The van der Waals surface area contributed by atoms with Crippen LogP contribution in [0.25, 0.3) is 0 Å². The zero-order chi connectivity index (χ0) is 14.7. The van der Waals surface area contributed by atoms with Crippen LogP contribution in [0.2, 0.25) is 0 Å². The molecule has 0 spiro atoms. The topological polar surface area (TPSA) is 20.2 Å². The molecule has 1 nitrogen and oxygen atoms in total. The summed E-state index contributed by atoms with van der Waals surface area (Å²) in [7, 11) is 0. The lowest BCUT2D eigenvalue weighted by Crippen LogP contribution is -2.29. The van der Waals surface area contributed by atoms with Crippen molar-refractivity contribution < 1.29 is 5.11 Å². The van der Waals surface area contributed by atoms with Crippen LogP contribution in [0, 0.1) is 0 Å². The van der Waals surface area contributed by atoms with Crippen molar-refractivity contribution in [1.29, 1.82) is 0 Å². The second kappa shape index (κ2) is 5.84. The van der Waals surface area contributed by atoms with E-state index in [1.807, 2.05) is 84.9 Å². The van der Waals surface area contributed by atoms with Crippen molar-refractivity contribution in [2.45, 2.75) is 5.60 Å². The molecule has 3 aromatic rings. The Balaban J connectivity index is 2.29. The van der Waals surface area contributed by atoms with E-state index >= 15 is 0 Å². The smallest absolute Gasteiger partial charge is 0.141 e. The third kappa shape index (κ3) is 2.53. The van der Waals surface area contributed by atoms with E-state index < -0.39 is 5.60 Å². The summed E-state index contributed by atoms with van der Waals surface area (Å²) in [5.41, 5.74) is 1.36. The molecular weight excluding hydrogens is 324 g/mol. The Kier molecular flexibility index (Phi) is 3.91. The van der Waals surface area contributed by atoms with Gasteiger partial charge in [0.25, 0.3) is 0 Å². The molecule has 2 heteroatoms. The maximum atomic E-state index is 11.6. The highest BCUT2D eigenvalue weighted by atomic mass is 79.9. The molecule has 0 radical (unpaired) electrons. The second-order valence-corrected chi connectivity index (χ2v) is 5.78. The number of benzene rings is 3. The SMILES string of the molecule is OC(c1ccccc1)(c1ccccc1)c1ccccc1Br. The fourth-order valence-electron chi connectivity index (χ4n) is 2.59. The first-order valence-electron chi connectivity index (χ1n) is 6.81. The van der Waals surface area contributed by atoms with Crippen molar-refractivity contribution >= 4 is 15.9 Å². The molecule has 0 amide bonds. The van der Waals surface area contributed by atoms with Gasteiger partial charge < -0.3 is 5.11 Å². The largest absolute Gasteiger partial charge is 0.376 e. The molecule has 0 bridgehead atoms. The first kappa shape index (κ1) is 14.1. The van der Waals surface area contributed by atoms with Crippen LogP contribution in [0.1, 0.15) is 16.7 Å². The summed E-state index contributed by atoms with van der Waals surface area (Å²) < 4.78 is 0.889. The molecule has 3 aromatic carbocycles. The molecule has 0 atom stereocenters. The van der Waals surface area contributed by atoms with Gasteiger partial charge in [0, 0.05) is 10.0 Å². The molecular formula is C19H15BrO. The van der Waals surface area contributed by atoms with Gasteiger partial charge in [-0.2, -0.15) is 0 Å². The minimum Gasteiger partial charge on any atom is -0.376 e. The van der Waals surface area contributed by atoms with Gasteiger partial charge in [0.15, 0.2) is 0 Å². The van der Waals surface area contributed by atoms with E-state index in [1.54, 1.807) is 0 Å². The Morgan fingerprint density at radius 3 is 1.52 bits per heavy atom. The Morgan fingerprint density at radius 2 is 1.05 bits per heavy atom. The van der Waals surface area contributed by atoms with Gasteiger partial charge in [-0.3, -0.25) is 0 Å². The highest BCUT2D eigenvalue weighted by Crippen LogP contribution is 2.39. The van der Waals surface area contributed by atoms with Gasteiger partial charge in [0.1, 0.15) is 5.60 Å². The highest BCUT2D eigenvalue weighted by Gasteiger charge is 2.34. The fraction of sp³-hybridized carbons (Fsp3) is 0.0526. The summed E-state index contributed by atoms with van der Waals surface area (Å²) in [6.45, 7) is 0. The molecule has 0 aliphatic rings. The molecule has 3 rings (SSSR count). The van der Waals surface area contributed by atoms with Crippen molar-refractivity contribution in [3.05, 3.63) is 106 Å². The van der Waals surface area contributed by atoms with Crippen molar-refractivity contribution in [3.63, 3.8) is 0 Å². The molecule has 0 fully saturated rings. The Hall–Kier alpha value is -1.90. The summed E-state index contributed by atoms with van der Waals surface area (Å²) in [6, 6.07) is 27.3. The molecule has 0 saturated heterocycles. The van der Waals surface area contributed by atoms with Crippen molar-refractivity contribution in [1.82, 2.24) is 0 Å². The van der Waals surface area contributed by atoms with Crippen LogP contribution in [0.4, 0.5) is 0 Å². The van der Waals surface area contributed by atoms with Crippen LogP contribution >= 0.6 is 15.9 Å². The molecule has 0 heterocycles. The second-order valence-electron chi connectivity index (χ2n) is 4.92. The molecule has 0 saturated carbocycles. The molecule has 0 aromatic heterocycles. The summed E-state index contributed by atoms with van der Waals surface area (Å²) in [4.78, 5) is 0. The summed E-state index contributed by atoms with van der Waals surface area (Å²) in [6.07, 6.45) is 0. The van der Waals surface area contributed by atoms with E-state index in [1.165, 1.54) is 0 Å². The van der Waals surface area contributed by atoms with E-state index in [0.717, 1.165) is 21.2 Å². The number of halogens is 1. The lowest BCUT2D eigenvalue weighted by atomic mass is 9.80. The monoisotopic (exact) mass is 338 g/mol. The van der Waals surface area contributed by atoms with Gasteiger partial charge in [0.05, 0.1) is 0 Å². The predicted octanol–water partition coefficient (Wildman–Crippen LogP) is 4.73. The third-order valence-electron chi connectivity index (χ3n) is 3.65. The minimum absolute atomic E-state index is 0.836. The number of hydrogen-bond donors (Lipinski definition) is 1. The molecule has 0 aliphatic carbocycles. The van der Waals surface area contributed by atoms with E-state index in [4.69, 9.17) is 0 Å². The average molecular weight is 339 g/mol. The van der Waals surface area contributed by atoms with Crippen molar-refractivity contribution in [2.24, 2.45) is 0 Å². The highest BCUT2D eigenvalue weighted by molar-refractivity contribution is 9.10. The van der Waals surface area contributed by atoms with E-state index in [-0.39, 0.29) is 0 Å². The van der Waals surface area contributed by atoms with Gasteiger partial charge in [-0.25, -0.2) is 0 Å². The molecule has 104 valence electrons. The summed E-state index contributed by atoms with van der Waals surface area (Å²) in [5.74, 6) is 0. The Bertz CT molecular complexity index is 683.